The van der Waals surface area contributed by atoms with Crippen molar-refractivity contribution in [2.75, 3.05) is 18.4 Å². The normalized spacial score (nSPS) is 10.2. The van der Waals surface area contributed by atoms with Gasteiger partial charge in [-0.2, -0.15) is 4.98 Å². The molecule has 1 aromatic heterocycles. The van der Waals surface area contributed by atoms with Crippen LogP contribution < -0.4 is 10.6 Å². The predicted molar refractivity (Wildman–Crippen MR) is 65.9 cm³/mol. The summed E-state index contributed by atoms with van der Waals surface area (Å²) in [5.74, 6) is 0.484. The maximum absolute atomic E-state index is 11.5. The smallest absolute Gasteiger partial charge is 0.238 e. The third-order valence-corrected chi connectivity index (χ3v) is 2.27. The fraction of sp³-hybridized carbons (Fsp3) is 0.250. The van der Waals surface area contributed by atoms with Gasteiger partial charge in [0.15, 0.2) is 6.33 Å². The number of amides is 1. The highest BCUT2D eigenvalue weighted by Crippen LogP contribution is 2.03. The highest BCUT2D eigenvalue weighted by molar-refractivity contribution is 5.92. The SMILES string of the molecule is O=C(CNCCc1ncno1)Nc1ccccc1. The molecule has 2 N–H and O–H groups in total. The van der Waals surface area contributed by atoms with Crippen molar-refractivity contribution >= 4 is 11.6 Å². The minimum absolute atomic E-state index is 0.0771. The number of carbonyl (C=O) groups excluding carboxylic acids is 1. The van der Waals surface area contributed by atoms with Crippen molar-refractivity contribution in [3.63, 3.8) is 0 Å². The van der Waals surface area contributed by atoms with Crippen LogP contribution in [0.2, 0.25) is 0 Å². The first kappa shape index (κ1) is 12.3. The molecule has 0 aliphatic rings. The number of carbonyl (C=O) groups is 1. The van der Waals surface area contributed by atoms with Gasteiger partial charge in [0.25, 0.3) is 0 Å². The molecular weight excluding hydrogens is 232 g/mol. The van der Waals surface area contributed by atoms with Gasteiger partial charge in [-0.3, -0.25) is 4.79 Å². The molecule has 0 spiro atoms. The molecule has 6 heteroatoms. The molecule has 0 atom stereocenters. The van der Waals surface area contributed by atoms with Crippen LogP contribution in [0.1, 0.15) is 5.89 Å². The average molecular weight is 246 g/mol. The van der Waals surface area contributed by atoms with Crippen LogP contribution in [0.5, 0.6) is 0 Å². The molecule has 2 aromatic rings. The van der Waals surface area contributed by atoms with E-state index in [1.165, 1.54) is 6.33 Å². The first-order valence-corrected chi connectivity index (χ1v) is 5.66. The number of benzene rings is 1. The van der Waals surface area contributed by atoms with E-state index in [1.807, 2.05) is 30.3 Å². The number of rotatable bonds is 6. The summed E-state index contributed by atoms with van der Waals surface area (Å²) in [7, 11) is 0. The third kappa shape index (κ3) is 3.99. The molecule has 0 saturated heterocycles. The first-order valence-electron chi connectivity index (χ1n) is 5.66. The molecule has 0 aliphatic carbocycles. The van der Waals surface area contributed by atoms with E-state index in [0.717, 1.165) is 5.69 Å². The molecule has 0 fully saturated rings. The molecular formula is C12H14N4O2. The lowest BCUT2D eigenvalue weighted by atomic mass is 10.3. The molecule has 0 saturated carbocycles. The number of nitrogens with zero attached hydrogens (tertiary/aromatic N) is 2. The Kier molecular flexibility index (Phi) is 4.43. The number of nitrogens with one attached hydrogen (secondary N) is 2. The van der Waals surface area contributed by atoms with E-state index in [9.17, 15) is 4.79 Å². The minimum atomic E-state index is -0.0771. The van der Waals surface area contributed by atoms with Crippen LogP contribution in [0.25, 0.3) is 0 Å². The Morgan fingerprint density at radius 1 is 1.28 bits per heavy atom. The molecule has 6 nitrogen and oxygen atoms in total. The van der Waals surface area contributed by atoms with E-state index in [-0.39, 0.29) is 12.5 Å². The zero-order valence-electron chi connectivity index (χ0n) is 9.80. The topological polar surface area (TPSA) is 80.1 Å². The van der Waals surface area contributed by atoms with Gasteiger partial charge in [0, 0.05) is 18.7 Å². The van der Waals surface area contributed by atoms with Gasteiger partial charge in [-0.1, -0.05) is 23.4 Å². The standard InChI is InChI=1S/C12H14N4O2/c17-11(16-10-4-2-1-3-5-10)8-13-7-6-12-14-9-15-18-12/h1-5,9,13H,6-8H2,(H,16,17). The van der Waals surface area contributed by atoms with Crippen molar-refractivity contribution in [2.45, 2.75) is 6.42 Å². The molecule has 0 radical (unpaired) electrons. The molecule has 0 unspecified atom stereocenters. The molecule has 1 heterocycles. The van der Waals surface area contributed by atoms with Crippen molar-refractivity contribution in [3.8, 4) is 0 Å². The Labute approximate surface area is 104 Å². The molecule has 0 aliphatic heterocycles. The van der Waals surface area contributed by atoms with Crippen LogP contribution >= 0.6 is 0 Å². The van der Waals surface area contributed by atoms with Crippen LogP contribution in [0, 0.1) is 0 Å². The second-order valence-electron chi connectivity index (χ2n) is 3.68. The largest absolute Gasteiger partial charge is 0.340 e. The van der Waals surface area contributed by atoms with Gasteiger partial charge >= 0.3 is 0 Å². The number of aromatic nitrogens is 2. The average Bonchev–Trinajstić information content (AvgIpc) is 2.89. The zero-order valence-corrected chi connectivity index (χ0v) is 9.80. The van der Waals surface area contributed by atoms with Crippen molar-refractivity contribution < 1.29 is 9.32 Å². The summed E-state index contributed by atoms with van der Waals surface area (Å²) in [6, 6.07) is 9.34. The van der Waals surface area contributed by atoms with E-state index in [0.29, 0.717) is 18.9 Å². The van der Waals surface area contributed by atoms with Crippen molar-refractivity contribution in [1.82, 2.24) is 15.5 Å². The first-order chi connectivity index (χ1) is 8.84. The molecule has 1 amide bonds. The highest BCUT2D eigenvalue weighted by atomic mass is 16.5. The highest BCUT2D eigenvalue weighted by Gasteiger charge is 2.02. The maximum atomic E-state index is 11.5. The number of hydrogen-bond donors (Lipinski definition) is 2. The van der Waals surface area contributed by atoms with Gasteiger partial charge < -0.3 is 15.2 Å². The van der Waals surface area contributed by atoms with Gasteiger partial charge in [-0.25, -0.2) is 0 Å². The zero-order chi connectivity index (χ0) is 12.6. The van der Waals surface area contributed by atoms with E-state index in [4.69, 9.17) is 4.52 Å². The van der Waals surface area contributed by atoms with Crippen molar-refractivity contribution in [1.29, 1.82) is 0 Å². The van der Waals surface area contributed by atoms with Crippen LogP contribution in [-0.4, -0.2) is 29.1 Å². The summed E-state index contributed by atoms with van der Waals surface area (Å²) in [4.78, 5) is 15.4. The van der Waals surface area contributed by atoms with Crippen LogP contribution in [0.3, 0.4) is 0 Å². The van der Waals surface area contributed by atoms with Gasteiger partial charge in [-0.15, -0.1) is 0 Å². The molecule has 1 aromatic carbocycles. The Morgan fingerprint density at radius 3 is 2.83 bits per heavy atom. The number of hydrogen-bond acceptors (Lipinski definition) is 5. The molecule has 0 bridgehead atoms. The maximum Gasteiger partial charge on any atom is 0.238 e. The summed E-state index contributed by atoms with van der Waals surface area (Å²) in [6.45, 7) is 0.868. The summed E-state index contributed by atoms with van der Waals surface area (Å²) < 4.78 is 4.83. The number of para-hydroxylation sites is 1. The number of anilines is 1. The lowest BCUT2D eigenvalue weighted by Crippen LogP contribution is -2.29. The molecule has 2 rings (SSSR count). The van der Waals surface area contributed by atoms with Crippen LogP contribution in [0.4, 0.5) is 5.69 Å². The fourth-order valence-corrected chi connectivity index (χ4v) is 1.43. The summed E-state index contributed by atoms with van der Waals surface area (Å²) in [5, 5.41) is 9.29. The van der Waals surface area contributed by atoms with Crippen molar-refractivity contribution in [2.24, 2.45) is 0 Å². The van der Waals surface area contributed by atoms with Gasteiger partial charge in [0.1, 0.15) is 0 Å². The third-order valence-electron chi connectivity index (χ3n) is 2.27. The van der Waals surface area contributed by atoms with Crippen molar-refractivity contribution in [3.05, 3.63) is 42.5 Å². The van der Waals surface area contributed by atoms with Crippen LogP contribution in [-0.2, 0) is 11.2 Å². The lowest BCUT2D eigenvalue weighted by molar-refractivity contribution is -0.115. The van der Waals surface area contributed by atoms with E-state index >= 15 is 0 Å². The minimum Gasteiger partial charge on any atom is -0.340 e. The molecule has 94 valence electrons. The van der Waals surface area contributed by atoms with E-state index in [2.05, 4.69) is 20.8 Å². The summed E-state index contributed by atoms with van der Waals surface area (Å²) in [5.41, 5.74) is 0.793. The van der Waals surface area contributed by atoms with E-state index in [1.54, 1.807) is 0 Å². The molecule has 18 heavy (non-hydrogen) atoms. The second kappa shape index (κ2) is 6.51. The van der Waals surface area contributed by atoms with E-state index < -0.39 is 0 Å². The Bertz CT molecular complexity index is 470. The second-order valence-corrected chi connectivity index (χ2v) is 3.68. The van der Waals surface area contributed by atoms with Crippen LogP contribution in [0.15, 0.2) is 41.2 Å². The Hall–Kier alpha value is -2.21. The quantitative estimate of drug-likeness (QED) is 0.738. The van der Waals surface area contributed by atoms with Gasteiger partial charge in [0.05, 0.1) is 6.54 Å². The summed E-state index contributed by atoms with van der Waals surface area (Å²) >= 11 is 0. The fourth-order valence-electron chi connectivity index (χ4n) is 1.43. The Balaban J connectivity index is 1.63. The predicted octanol–water partition coefficient (Wildman–Crippen LogP) is 0.840. The van der Waals surface area contributed by atoms with Gasteiger partial charge in [0.2, 0.25) is 11.8 Å². The Morgan fingerprint density at radius 2 is 2.11 bits per heavy atom. The van der Waals surface area contributed by atoms with Gasteiger partial charge in [-0.05, 0) is 12.1 Å². The monoisotopic (exact) mass is 246 g/mol. The summed E-state index contributed by atoms with van der Waals surface area (Å²) in [6.07, 6.45) is 1.97. The lowest BCUT2D eigenvalue weighted by Gasteiger charge is -2.05.